The van der Waals surface area contributed by atoms with E-state index in [1.807, 2.05) is 29.2 Å². The second-order valence-electron chi connectivity index (χ2n) is 5.36. The summed E-state index contributed by atoms with van der Waals surface area (Å²) in [5.74, 6) is 0.664. The van der Waals surface area contributed by atoms with E-state index in [0.717, 1.165) is 30.0 Å². The lowest BCUT2D eigenvalue weighted by Crippen LogP contribution is -2.31. The van der Waals surface area contributed by atoms with Crippen LogP contribution in [0.5, 0.6) is 0 Å². The van der Waals surface area contributed by atoms with Crippen molar-refractivity contribution in [3.63, 3.8) is 0 Å². The number of benzene rings is 1. The molecule has 3 heteroatoms. The summed E-state index contributed by atoms with van der Waals surface area (Å²) in [6, 6.07) is 8.03. The Morgan fingerprint density at radius 3 is 2.83 bits per heavy atom. The number of hydrogen-bond donors (Lipinski definition) is 0. The molecule has 1 saturated heterocycles. The molecule has 0 N–H and O–H groups in total. The van der Waals surface area contributed by atoms with E-state index in [2.05, 4.69) is 13.8 Å². The highest BCUT2D eigenvalue weighted by molar-refractivity contribution is 6.31. The van der Waals surface area contributed by atoms with Crippen LogP contribution in [0, 0.1) is 5.92 Å². The van der Waals surface area contributed by atoms with E-state index in [1.54, 1.807) is 0 Å². The molecular weight excluding hydrogens is 246 g/mol. The first-order valence-corrected chi connectivity index (χ1v) is 7.01. The summed E-state index contributed by atoms with van der Waals surface area (Å²) in [5.41, 5.74) is 1.09. The molecule has 18 heavy (non-hydrogen) atoms. The quantitative estimate of drug-likeness (QED) is 0.807. The van der Waals surface area contributed by atoms with Crippen molar-refractivity contribution < 1.29 is 4.79 Å². The van der Waals surface area contributed by atoms with Gasteiger partial charge < -0.3 is 4.90 Å². The van der Waals surface area contributed by atoms with E-state index < -0.39 is 0 Å². The van der Waals surface area contributed by atoms with Gasteiger partial charge in [-0.1, -0.05) is 43.6 Å². The van der Waals surface area contributed by atoms with Crippen LogP contribution >= 0.6 is 11.6 Å². The van der Waals surface area contributed by atoms with Gasteiger partial charge in [-0.05, 0) is 30.4 Å². The Labute approximate surface area is 114 Å². The van der Waals surface area contributed by atoms with Crippen molar-refractivity contribution in [2.75, 3.05) is 6.54 Å². The van der Waals surface area contributed by atoms with E-state index in [4.69, 9.17) is 11.6 Å². The van der Waals surface area contributed by atoms with Crippen LogP contribution in [-0.4, -0.2) is 17.4 Å². The van der Waals surface area contributed by atoms with Gasteiger partial charge in [0.1, 0.15) is 0 Å². The lowest BCUT2D eigenvalue weighted by molar-refractivity contribution is -0.132. The van der Waals surface area contributed by atoms with E-state index in [1.165, 1.54) is 0 Å². The SMILES string of the molecule is CC(C)CC(=O)N1CCC[C@@H]1c1ccccc1Cl. The van der Waals surface area contributed by atoms with Crippen molar-refractivity contribution in [1.29, 1.82) is 0 Å². The topological polar surface area (TPSA) is 20.3 Å². The number of carbonyl (C=O) groups is 1. The average Bonchev–Trinajstić information content (AvgIpc) is 2.77. The zero-order chi connectivity index (χ0) is 13.1. The molecule has 1 aromatic rings. The highest BCUT2D eigenvalue weighted by Gasteiger charge is 2.30. The van der Waals surface area contributed by atoms with Crippen molar-refractivity contribution in [3.8, 4) is 0 Å². The van der Waals surface area contributed by atoms with Crippen molar-refractivity contribution >= 4 is 17.5 Å². The first-order chi connectivity index (χ1) is 8.59. The molecule has 2 nitrogen and oxygen atoms in total. The first-order valence-electron chi connectivity index (χ1n) is 6.63. The molecule has 1 aromatic carbocycles. The maximum atomic E-state index is 12.2. The molecule has 0 unspecified atom stereocenters. The highest BCUT2D eigenvalue weighted by atomic mass is 35.5. The van der Waals surface area contributed by atoms with Gasteiger partial charge >= 0.3 is 0 Å². The van der Waals surface area contributed by atoms with Crippen LogP contribution in [0.1, 0.15) is 44.7 Å². The lowest BCUT2D eigenvalue weighted by atomic mass is 10.0. The predicted octanol–water partition coefficient (Wildman–Crippen LogP) is 4.05. The van der Waals surface area contributed by atoms with Gasteiger partial charge in [0.2, 0.25) is 5.91 Å². The van der Waals surface area contributed by atoms with Crippen molar-refractivity contribution in [2.24, 2.45) is 5.92 Å². The first kappa shape index (κ1) is 13.4. The number of nitrogens with zero attached hydrogens (tertiary/aromatic N) is 1. The predicted molar refractivity (Wildman–Crippen MR) is 74.6 cm³/mol. The highest BCUT2D eigenvalue weighted by Crippen LogP contribution is 2.36. The molecule has 0 radical (unpaired) electrons. The Kier molecular flexibility index (Phi) is 4.28. The van der Waals surface area contributed by atoms with Gasteiger partial charge in [-0.3, -0.25) is 4.79 Å². The van der Waals surface area contributed by atoms with Crippen molar-refractivity contribution in [3.05, 3.63) is 34.9 Å². The second kappa shape index (κ2) is 5.75. The fourth-order valence-electron chi connectivity index (χ4n) is 2.60. The fourth-order valence-corrected chi connectivity index (χ4v) is 2.86. The Hall–Kier alpha value is -1.02. The largest absolute Gasteiger partial charge is 0.336 e. The molecule has 1 heterocycles. The van der Waals surface area contributed by atoms with E-state index in [-0.39, 0.29) is 11.9 Å². The molecule has 1 aliphatic rings. The van der Waals surface area contributed by atoms with Crippen LogP contribution in [0.4, 0.5) is 0 Å². The molecular formula is C15H20ClNO. The van der Waals surface area contributed by atoms with Crippen LogP contribution in [0.25, 0.3) is 0 Å². The molecule has 1 aliphatic heterocycles. The molecule has 0 bridgehead atoms. The molecule has 98 valence electrons. The van der Waals surface area contributed by atoms with E-state index in [0.29, 0.717) is 12.3 Å². The second-order valence-corrected chi connectivity index (χ2v) is 5.77. The molecule has 0 spiro atoms. The Morgan fingerprint density at radius 2 is 2.17 bits per heavy atom. The summed E-state index contributed by atoms with van der Waals surface area (Å²) in [4.78, 5) is 14.2. The van der Waals surface area contributed by atoms with Gasteiger partial charge in [-0.25, -0.2) is 0 Å². The van der Waals surface area contributed by atoms with E-state index >= 15 is 0 Å². The van der Waals surface area contributed by atoms with Gasteiger partial charge in [0.25, 0.3) is 0 Å². The molecule has 0 aromatic heterocycles. The standard InChI is InChI=1S/C15H20ClNO/c1-11(2)10-15(18)17-9-5-8-14(17)12-6-3-4-7-13(12)16/h3-4,6-7,11,14H,5,8-10H2,1-2H3/t14-/m1/s1. The minimum Gasteiger partial charge on any atom is -0.336 e. The number of likely N-dealkylation sites (tertiary alicyclic amines) is 1. The number of carbonyl (C=O) groups excluding carboxylic acids is 1. The maximum absolute atomic E-state index is 12.2. The summed E-state index contributed by atoms with van der Waals surface area (Å²) in [6.07, 6.45) is 2.72. The van der Waals surface area contributed by atoms with Crippen LogP contribution in [0.2, 0.25) is 5.02 Å². The van der Waals surface area contributed by atoms with Crippen molar-refractivity contribution in [1.82, 2.24) is 4.90 Å². The van der Waals surface area contributed by atoms with Crippen molar-refractivity contribution in [2.45, 2.75) is 39.2 Å². The third-order valence-electron chi connectivity index (χ3n) is 3.42. The van der Waals surface area contributed by atoms with Crippen LogP contribution in [-0.2, 0) is 4.79 Å². The molecule has 2 rings (SSSR count). The summed E-state index contributed by atoms with van der Waals surface area (Å²) >= 11 is 6.24. The van der Waals surface area contributed by atoms with E-state index in [9.17, 15) is 4.79 Å². The monoisotopic (exact) mass is 265 g/mol. The Balaban J connectivity index is 2.18. The number of amides is 1. The minimum absolute atomic E-state index is 0.171. The smallest absolute Gasteiger partial charge is 0.223 e. The van der Waals surface area contributed by atoms with Crippen LogP contribution in [0.3, 0.4) is 0 Å². The Bertz CT molecular complexity index is 430. The molecule has 0 saturated carbocycles. The molecule has 1 atom stereocenters. The summed E-state index contributed by atoms with van der Waals surface area (Å²) in [7, 11) is 0. The summed E-state index contributed by atoms with van der Waals surface area (Å²) in [6.45, 7) is 5.03. The van der Waals surface area contributed by atoms with Crippen LogP contribution in [0.15, 0.2) is 24.3 Å². The van der Waals surface area contributed by atoms with Gasteiger partial charge in [-0.15, -0.1) is 0 Å². The minimum atomic E-state index is 0.171. The average molecular weight is 266 g/mol. The number of rotatable bonds is 3. The summed E-state index contributed by atoms with van der Waals surface area (Å²) in [5, 5.41) is 0.770. The molecule has 0 aliphatic carbocycles. The zero-order valence-corrected chi connectivity index (χ0v) is 11.8. The lowest BCUT2D eigenvalue weighted by Gasteiger charge is -2.26. The Morgan fingerprint density at radius 1 is 1.44 bits per heavy atom. The summed E-state index contributed by atoms with van der Waals surface area (Å²) < 4.78 is 0. The normalized spacial score (nSPS) is 19.6. The zero-order valence-electron chi connectivity index (χ0n) is 11.0. The van der Waals surface area contributed by atoms with Gasteiger partial charge in [0.05, 0.1) is 6.04 Å². The molecule has 1 amide bonds. The van der Waals surface area contributed by atoms with Gasteiger partial charge in [0, 0.05) is 18.0 Å². The third kappa shape index (κ3) is 2.86. The number of hydrogen-bond acceptors (Lipinski definition) is 1. The third-order valence-corrected chi connectivity index (χ3v) is 3.76. The number of halogens is 1. The van der Waals surface area contributed by atoms with Crippen LogP contribution < -0.4 is 0 Å². The van der Waals surface area contributed by atoms with Gasteiger partial charge in [0.15, 0.2) is 0 Å². The van der Waals surface area contributed by atoms with Gasteiger partial charge in [-0.2, -0.15) is 0 Å². The maximum Gasteiger partial charge on any atom is 0.223 e. The molecule has 1 fully saturated rings. The fraction of sp³-hybridized carbons (Fsp3) is 0.533.